The third kappa shape index (κ3) is 23.1. The molecule has 0 spiro atoms. The maximum Gasteiger partial charge on any atom is 0.118 e. The summed E-state index contributed by atoms with van der Waals surface area (Å²) < 4.78 is 0. The Morgan fingerprint density at radius 1 is 0.621 bits per heavy atom. The van der Waals surface area contributed by atoms with Gasteiger partial charge in [0.1, 0.15) is 5.75 Å². The van der Waals surface area contributed by atoms with Crippen molar-refractivity contribution >= 4 is 5.57 Å². The molecule has 5 aromatic rings. The van der Waals surface area contributed by atoms with Crippen LogP contribution in [0.1, 0.15) is 142 Å². The number of aromatic hydroxyl groups is 1. The molecule has 318 valence electrons. The van der Waals surface area contributed by atoms with Gasteiger partial charge in [-0.2, -0.15) is 0 Å². The molecule has 0 aliphatic heterocycles. The third-order valence-electron chi connectivity index (χ3n) is 9.10. The van der Waals surface area contributed by atoms with Crippen molar-refractivity contribution in [1.29, 1.82) is 0 Å². The Hall–Kier alpha value is -4.37. The summed E-state index contributed by atoms with van der Waals surface area (Å²) in [6.07, 6.45) is 12.8. The number of benzene rings is 4. The van der Waals surface area contributed by atoms with Crippen molar-refractivity contribution < 1.29 is 5.11 Å². The number of aromatic amines is 1. The Morgan fingerprint density at radius 3 is 1.62 bits per heavy atom. The number of phenols is 1. The lowest BCUT2D eigenvalue weighted by molar-refractivity contribution is 0.407. The normalized spacial score (nSPS) is 11.7. The predicted octanol–water partition coefficient (Wildman–Crippen LogP) is 15.7. The molecule has 1 aliphatic rings. The van der Waals surface area contributed by atoms with Crippen LogP contribution >= 0.6 is 0 Å². The largest absolute Gasteiger partial charge is 0.508 e. The quantitative estimate of drug-likeness (QED) is 0.165. The highest BCUT2D eigenvalue weighted by atomic mass is 16.3. The SMILES string of the molecule is C.CC(C)(C)CC1=CCc2ccccc21.CC(C)(C)Cc1cnc[nH]1.CC(C)Cc1ccccc1.Cc1ccc(CC(C)C)cc1.Cc1ccc(CC(C)C)cc1O. The number of imidazole rings is 1. The number of phenolic OH excluding ortho intramolecular Hbond substituents is 1. The van der Waals surface area contributed by atoms with E-state index >= 15 is 0 Å². The van der Waals surface area contributed by atoms with E-state index in [1.54, 1.807) is 6.33 Å². The summed E-state index contributed by atoms with van der Waals surface area (Å²) in [5, 5.41) is 9.41. The highest BCUT2D eigenvalue weighted by Gasteiger charge is 2.19. The molecule has 3 heteroatoms. The van der Waals surface area contributed by atoms with Gasteiger partial charge in [0.05, 0.1) is 6.33 Å². The van der Waals surface area contributed by atoms with Gasteiger partial charge in [-0.3, -0.25) is 0 Å². The number of nitrogens with one attached hydrogen (secondary N) is 1. The summed E-state index contributed by atoms with van der Waals surface area (Å²) in [4.78, 5) is 7.03. The lowest BCUT2D eigenvalue weighted by Crippen LogP contribution is -2.09. The van der Waals surface area contributed by atoms with E-state index in [0.29, 0.717) is 22.5 Å². The van der Waals surface area contributed by atoms with Gasteiger partial charge in [0.15, 0.2) is 0 Å². The summed E-state index contributed by atoms with van der Waals surface area (Å²) in [6, 6.07) is 34.1. The zero-order valence-electron chi connectivity index (χ0n) is 38.3. The number of fused-ring (bicyclic) bond motifs is 1. The molecule has 0 saturated heterocycles. The van der Waals surface area contributed by atoms with Crippen LogP contribution < -0.4 is 0 Å². The number of H-pyrrole nitrogens is 1. The lowest BCUT2D eigenvalue weighted by atomic mass is 9.86. The second-order valence-corrected chi connectivity index (χ2v) is 19.5. The predicted molar refractivity (Wildman–Crippen MR) is 257 cm³/mol. The van der Waals surface area contributed by atoms with Crippen LogP contribution in [0.3, 0.4) is 0 Å². The van der Waals surface area contributed by atoms with Crippen LogP contribution in [0, 0.1) is 42.4 Å². The molecule has 0 amide bonds. The van der Waals surface area contributed by atoms with Crippen LogP contribution in [0.15, 0.2) is 116 Å². The van der Waals surface area contributed by atoms with Crippen molar-refractivity contribution in [1.82, 2.24) is 9.97 Å². The van der Waals surface area contributed by atoms with Crippen molar-refractivity contribution in [2.24, 2.45) is 28.6 Å². The second kappa shape index (κ2) is 25.9. The number of hydrogen-bond donors (Lipinski definition) is 2. The van der Waals surface area contributed by atoms with E-state index in [1.807, 2.05) is 25.3 Å². The first-order valence-electron chi connectivity index (χ1n) is 21.3. The van der Waals surface area contributed by atoms with Crippen molar-refractivity contribution in [3.05, 3.63) is 160 Å². The van der Waals surface area contributed by atoms with E-state index < -0.39 is 0 Å². The molecule has 58 heavy (non-hydrogen) atoms. The lowest BCUT2D eigenvalue weighted by Gasteiger charge is -2.19. The zero-order chi connectivity index (χ0) is 42.6. The molecule has 3 nitrogen and oxygen atoms in total. The number of aromatic nitrogens is 2. The fourth-order valence-corrected chi connectivity index (χ4v) is 6.58. The van der Waals surface area contributed by atoms with Crippen LogP contribution in [-0.2, 0) is 32.1 Å². The Morgan fingerprint density at radius 2 is 1.12 bits per heavy atom. The van der Waals surface area contributed by atoms with Gasteiger partial charge in [0, 0.05) is 11.9 Å². The first kappa shape index (κ1) is 51.6. The molecule has 6 rings (SSSR count). The fraction of sp³-hybridized carbons (Fsp3) is 0.473. The number of hydrogen-bond acceptors (Lipinski definition) is 2. The van der Waals surface area contributed by atoms with Gasteiger partial charge in [-0.25, -0.2) is 4.98 Å². The smallest absolute Gasteiger partial charge is 0.118 e. The minimum absolute atomic E-state index is 0. The van der Waals surface area contributed by atoms with Gasteiger partial charge >= 0.3 is 0 Å². The average molecular weight is 787 g/mol. The molecule has 1 aliphatic carbocycles. The molecule has 1 heterocycles. The van der Waals surface area contributed by atoms with Gasteiger partial charge in [-0.1, -0.05) is 193 Å². The molecule has 0 atom stereocenters. The van der Waals surface area contributed by atoms with E-state index in [-0.39, 0.29) is 7.43 Å². The summed E-state index contributed by atoms with van der Waals surface area (Å²) in [5.41, 5.74) is 12.9. The van der Waals surface area contributed by atoms with E-state index in [0.717, 1.165) is 36.7 Å². The van der Waals surface area contributed by atoms with Crippen LogP contribution in [0.2, 0.25) is 0 Å². The molecule has 0 bridgehead atoms. The van der Waals surface area contributed by atoms with Crippen molar-refractivity contribution in [2.45, 2.75) is 143 Å². The van der Waals surface area contributed by atoms with Crippen molar-refractivity contribution in [2.75, 3.05) is 0 Å². The first-order chi connectivity index (χ1) is 26.7. The van der Waals surface area contributed by atoms with Gasteiger partial charge in [-0.05, 0) is 126 Å². The highest BCUT2D eigenvalue weighted by molar-refractivity contribution is 5.73. The third-order valence-corrected chi connectivity index (χ3v) is 9.10. The monoisotopic (exact) mass is 787 g/mol. The minimum Gasteiger partial charge on any atom is -0.508 e. The van der Waals surface area contributed by atoms with Crippen molar-refractivity contribution in [3.8, 4) is 5.75 Å². The van der Waals surface area contributed by atoms with E-state index in [2.05, 4.69) is 191 Å². The molecule has 0 fully saturated rings. The molecule has 2 N–H and O–H groups in total. The van der Waals surface area contributed by atoms with E-state index in [4.69, 9.17) is 0 Å². The first-order valence-corrected chi connectivity index (χ1v) is 21.3. The number of nitrogens with zero attached hydrogens (tertiary/aromatic N) is 1. The number of allylic oxidation sites excluding steroid dienone is 2. The summed E-state index contributed by atoms with van der Waals surface area (Å²) in [7, 11) is 0. The molecular formula is C55H82N2O. The Kier molecular flexibility index (Phi) is 23.0. The summed E-state index contributed by atoms with van der Waals surface area (Å²) in [5.74, 6) is 2.58. The number of aryl methyl sites for hydroxylation is 2. The van der Waals surface area contributed by atoms with Gasteiger partial charge in [0.25, 0.3) is 0 Å². The van der Waals surface area contributed by atoms with Crippen LogP contribution in [0.5, 0.6) is 5.75 Å². The van der Waals surface area contributed by atoms with Gasteiger partial charge in [-0.15, -0.1) is 0 Å². The van der Waals surface area contributed by atoms with E-state index in [9.17, 15) is 5.11 Å². The van der Waals surface area contributed by atoms with Crippen molar-refractivity contribution in [3.63, 3.8) is 0 Å². The topological polar surface area (TPSA) is 48.9 Å². The van der Waals surface area contributed by atoms with Crippen LogP contribution in [-0.4, -0.2) is 15.1 Å². The number of rotatable bonds is 8. The molecule has 0 unspecified atom stereocenters. The Labute approximate surface area is 356 Å². The standard InChI is InChI=1S/C14H18.C11H16O.C11H16.C10H14.C8H14N2.CH4/c1-14(2,3)10-12-9-8-11-6-4-5-7-13(11)12;1-8(2)6-10-5-4-9(3)11(12)7-10;1-9(2)8-11-6-4-10(3)5-7-11;1-9(2)8-10-6-4-3-5-7-10;1-8(2,3)4-7-5-9-6-10-7;/h4-7,9H,8,10H2,1-3H3;4-5,7-8,12H,6H2,1-3H3;4-7,9H,8H2,1-3H3;3-7,9H,8H2,1-2H3;5-6H,4H2,1-3H3,(H,9,10);1H4. The molecule has 0 radical (unpaired) electrons. The van der Waals surface area contributed by atoms with Gasteiger partial charge < -0.3 is 10.1 Å². The summed E-state index contributed by atoms with van der Waals surface area (Å²) >= 11 is 0. The van der Waals surface area contributed by atoms with Crippen LogP contribution in [0.4, 0.5) is 0 Å². The molecular weight excluding hydrogens is 705 g/mol. The highest BCUT2D eigenvalue weighted by Crippen LogP contribution is 2.36. The molecule has 0 saturated carbocycles. The molecule has 4 aromatic carbocycles. The van der Waals surface area contributed by atoms with E-state index in [1.165, 1.54) is 63.9 Å². The average Bonchev–Trinajstić information content (AvgIpc) is 3.77. The minimum atomic E-state index is 0. The maximum atomic E-state index is 9.41. The fourth-order valence-electron chi connectivity index (χ4n) is 6.58. The Balaban J connectivity index is 0.000000363. The van der Waals surface area contributed by atoms with Crippen LogP contribution in [0.25, 0.3) is 5.57 Å². The molecule has 1 aromatic heterocycles. The Bertz CT molecular complexity index is 1830. The second-order valence-electron chi connectivity index (χ2n) is 19.5. The summed E-state index contributed by atoms with van der Waals surface area (Å²) in [6.45, 7) is 30.9. The maximum absolute atomic E-state index is 9.41. The zero-order valence-corrected chi connectivity index (χ0v) is 38.3. The van der Waals surface area contributed by atoms with Gasteiger partial charge in [0.2, 0.25) is 0 Å².